The Morgan fingerprint density at radius 2 is 2.00 bits per heavy atom. The average molecular weight is 389 g/mol. The Morgan fingerprint density at radius 1 is 1.28 bits per heavy atom. The molecular weight excluding hydrogens is 363 g/mol. The highest BCUT2D eigenvalue weighted by atomic mass is 35.5. The van der Waals surface area contributed by atoms with E-state index in [0.29, 0.717) is 23.9 Å². The molecule has 1 aliphatic heterocycles. The van der Waals surface area contributed by atoms with Gasteiger partial charge in [-0.2, -0.15) is 0 Å². The molecule has 0 radical (unpaired) electrons. The standard InChI is InChI=1S/C18H24N2O3.2ClH/c1-12(19(2)3)10-20-8-7-14-15-6-5-13(22-4)9-17(15)23-18(21)16(14)11-20;;/h5-6,9,12H,7-8,10-11H2,1-4H3;2*1H. The van der Waals surface area contributed by atoms with Crippen molar-refractivity contribution in [2.45, 2.75) is 25.9 Å². The van der Waals surface area contributed by atoms with E-state index in [1.165, 1.54) is 0 Å². The maximum atomic E-state index is 12.4. The summed E-state index contributed by atoms with van der Waals surface area (Å²) in [6.45, 7) is 4.78. The summed E-state index contributed by atoms with van der Waals surface area (Å²) >= 11 is 0. The molecule has 25 heavy (non-hydrogen) atoms. The minimum Gasteiger partial charge on any atom is -0.497 e. The molecule has 0 N–H and O–H groups in total. The number of ether oxygens (including phenoxy) is 1. The summed E-state index contributed by atoms with van der Waals surface area (Å²) in [6, 6.07) is 6.16. The van der Waals surface area contributed by atoms with Crippen LogP contribution in [-0.2, 0) is 13.0 Å². The Bertz CT molecular complexity index is 777. The van der Waals surface area contributed by atoms with Gasteiger partial charge in [-0.05, 0) is 45.1 Å². The second-order valence-corrected chi connectivity index (χ2v) is 6.51. The molecule has 3 rings (SSSR count). The third kappa shape index (κ3) is 4.47. The van der Waals surface area contributed by atoms with Crippen LogP contribution in [0.25, 0.3) is 11.0 Å². The normalized spacial score (nSPS) is 15.2. The van der Waals surface area contributed by atoms with E-state index in [2.05, 4.69) is 30.8 Å². The van der Waals surface area contributed by atoms with Gasteiger partial charge in [0.15, 0.2) is 0 Å². The zero-order valence-electron chi connectivity index (χ0n) is 15.1. The van der Waals surface area contributed by atoms with Gasteiger partial charge in [-0.1, -0.05) is 0 Å². The highest BCUT2D eigenvalue weighted by molar-refractivity contribution is 5.85. The Morgan fingerprint density at radius 3 is 2.64 bits per heavy atom. The molecule has 7 heteroatoms. The van der Waals surface area contributed by atoms with E-state index in [1.54, 1.807) is 13.2 Å². The Labute approximate surface area is 160 Å². The predicted molar refractivity (Wildman–Crippen MR) is 106 cm³/mol. The minimum absolute atomic E-state index is 0. The monoisotopic (exact) mass is 388 g/mol. The summed E-state index contributed by atoms with van der Waals surface area (Å²) in [5, 5.41) is 1.03. The van der Waals surface area contributed by atoms with E-state index in [-0.39, 0.29) is 30.4 Å². The van der Waals surface area contributed by atoms with Crippen molar-refractivity contribution in [1.29, 1.82) is 0 Å². The first kappa shape index (κ1) is 21.8. The van der Waals surface area contributed by atoms with Gasteiger partial charge in [-0.3, -0.25) is 4.90 Å². The molecule has 0 saturated heterocycles. The number of methoxy groups -OCH3 is 1. The van der Waals surface area contributed by atoms with Crippen LogP contribution in [0.5, 0.6) is 5.75 Å². The number of likely N-dealkylation sites (N-methyl/N-ethyl adjacent to an activating group) is 1. The van der Waals surface area contributed by atoms with Crippen LogP contribution in [0.3, 0.4) is 0 Å². The predicted octanol–water partition coefficient (Wildman–Crippen LogP) is 2.95. The number of halogens is 2. The molecule has 0 saturated carbocycles. The van der Waals surface area contributed by atoms with Crippen molar-refractivity contribution in [3.05, 3.63) is 39.7 Å². The lowest BCUT2D eigenvalue weighted by molar-refractivity contribution is 0.179. The van der Waals surface area contributed by atoms with Crippen molar-refractivity contribution in [3.8, 4) is 5.75 Å². The van der Waals surface area contributed by atoms with Gasteiger partial charge in [0, 0.05) is 37.1 Å². The molecule has 0 amide bonds. The SMILES string of the molecule is COc1ccc2c3c(c(=O)oc2c1)CN(CC(C)N(C)C)CC3.Cl.Cl. The number of hydrogen-bond acceptors (Lipinski definition) is 5. The van der Waals surface area contributed by atoms with Crippen LogP contribution in [0, 0.1) is 0 Å². The van der Waals surface area contributed by atoms with Crippen LogP contribution < -0.4 is 10.4 Å². The third-order valence-corrected chi connectivity index (χ3v) is 4.79. The summed E-state index contributed by atoms with van der Waals surface area (Å²) in [5.74, 6) is 0.706. The molecule has 0 bridgehead atoms. The second-order valence-electron chi connectivity index (χ2n) is 6.51. The molecule has 1 atom stereocenters. The van der Waals surface area contributed by atoms with Gasteiger partial charge >= 0.3 is 5.63 Å². The lowest BCUT2D eigenvalue weighted by Crippen LogP contribution is -2.42. The Hall–Kier alpha value is -1.27. The van der Waals surface area contributed by atoms with Crippen LogP contribution in [0.1, 0.15) is 18.1 Å². The van der Waals surface area contributed by atoms with E-state index in [1.807, 2.05) is 12.1 Å². The molecule has 1 aromatic heterocycles. The van der Waals surface area contributed by atoms with Crippen molar-refractivity contribution < 1.29 is 9.15 Å². The zero-order valence-corrected chi connectivity index (χ0v) is 16.7. The molecule has 2 aromatic rings. The molecule has 1 aromatic carbocycles. The average Bonchev–Trinajstić information content (AvgIpc) is 2.54. The molecule has 0 fully saturated rings. The summed E-state index contributed by atoms with van der Waals surface area (Å²) in [7, 11) is 5.77. The number of rotatable bonds is 4. The topological polar surface area (TPSA) is 45.9 Å². The summed E-state index contributed by atoms with van der Waals surface area (Å²) in [6.07, 6.45) is 0.879. The van der Waals surface area contributed by atoms with Crippen LogP contribution in [-0.4, -0.2) is 50.1 Å². The van der Waals surface area contributed by atoms with E-state index >= 15 is 0 Å². The van der Waals surface area contributed by atoms with Crippen LogP contribution in [0.2, 0.25) is 0 Å². The number of fused-ring (bicyclic) bond motifs is 3. The molecule has 0 aliphatic carbocycles. The first-order valence-corrected chi connectivity index (χ1v) is 8.01. The smallest absolute Gasteiger partial charge is 0.341 e. The molecule has 1 aliphatic rings. The highest BCUT2D eigenvalue weighted by Crippen LogP contribution is 2.28. The second kappa shape index (κ2) is 8.90. The molecular formula is C18H26Cl2N2O3. The highest BCUT2D eigenvalue weighted by Gasteiger charge is 2.24. The van der Waals surface area contributed by atoms with Gasteiger partial charge in [0.1, 0.15) is 11.3 Å². The quantitative estimate of drug-likeness (QED) is 0.753. The van der Waals surface area contributed by atoms with Crippen molar-refractivity contribution >= 4 is 35.8 Å². The molecule has 2 heterocycles. The van der Waals surface area contributed by atoms with E-state index in [0.717, 1.165) is 36.0 Å². The van der Waals surface area contributed by atoms with Gasteiger partial charge in [0.2, 0.25) is 0 Å². The maximum Gasteiger partial charge on any atom is 0.341 e. The van der Waals surface area contributed by atoms with Crippen LogP contribution in [0.4, 0.5) is 0 Å². The fraction of sp³-hybridized carbons (Fsp3) is 0.500. The van der Waals surface area contributed by atoms with Crippen molar-refractivity contribution in [2.24, 2.45) is 0 Å². The first-order valence-electron chi connectivity index (χ1n) is 8.01. The lowest BCUT2D eigenvalue weighted by Gasteiger charge is -2.32. The largest absolute Gasteiger partial charge is 0.497 e. The first-order chi connectivity index (χ1) is 11.0. The zero-order chi connectivity index (χ0) is 16.6. The number of nitrogens with zero attached hydrogens (tertiary/aromatic N) is 2. The summed E-state index contributed by atoms with van der Waals surface area (Å²) < 4.78 is 10.7. The summed E-state index contributed by atoms with van der Waals surface area (Å²) in [4.78, 5) is 16.9. The summed E-state index contributed by atoms with van der Waals surface area (Å²) in [5.41, 5.74) is 2.33. The van der Waals surface area contributed by atoms with Gasteiger partial charge < -0.3 is 14.1 Å². The van der Waals surface area contributed by atoms with Crippen LogP contribution in [0.15, 0.2) is 27.4 Å². The molecule has 0 spiro atoms. The van der Waals surface area contributed by atoms with Crippen LogP contribution >= 0.6 is 24.8 Å². The lowest BCUT2D eigenvalue weighted by atomic mass is 9.97. The third-order valence-electron chi connectivity index (χ3n) is 4.79. The Balaban J connectivity index is 0.00000156. The van der Waals surface area contributed by atoms with E-state index in [9.17, 15) is 4.79 Å². The Kier molecular flexibility index (Phi) is 7.75. The van der Waals surface area contributed by atoms with Crippen molar-refractivity contribution in [2.75, 3.05) is 34.3 Å². The number of benzene rings is 1. The van der Waals surface area contributed by atoms with Gasteiger partial charge in [0.25, 0.3) is 0 Å². The van der Waals surface area contributed by atoms with Gasteiger partial charge in [-0.15, -0.1) is 24.8 Å². The van der Waals surface area contributed by atoms with Gasteiger partial charge in [-0.25, -0.2) is 4.79 Å². The maximum absolute atomic E-state index is 12.4. The minimum atomic E-state index is -0.219. The van der Waals surface area contributed by atoms with E-state index < -0.39 is 0 Å². The van der Waals surface area contributed by atoms with Crippen molar-refractivity contribution in [1.82, 2.24) is 9.80 Å². The fourth-order valence-corrected chi connectivity index (χ4v) is 3.12. The number of hydrogen-bond donors (Lipinski definition) is 0. The van der Waals surface area contributed by atoms with Gasteiger partial charge in [0.05, 0.1) is 12.7 Å². The molecule has 1 unspecified atom stereocenters. The molecule has 5 nitrogen and oxygen atoms in total. The van der Waals surface area contributed by atoms with E-state index in [4.69, 9.17) is 9.15 Å². The molecule has 140 valence electrons. The van der Waals surface area contributed by atoms with Crippen molar-refractivity contribution in [3.63, 3.8) is 0 Å². The fourth-order valence-electron chi connectivity index (χ4n) is 3.12.